The Labute approximate surface area is 144 Å². The minimum atomic E-state index is -3.78. The van der Waals surface area contributed by atoms with Crippen LogP contribution in [0.4, 0.5) is 0 Å². The Hall–Kier alpha value is -0.630. The van der Waals surface area contributed by atoms with Gasteiger partial charge in [0.1, 0.15) is 5.75 Å². The van der Waals surface area contributed by atoms with Crippen molar-refractivity contribution in [3.05, 3.63) is 51.2 Å². The van der Waals surface area contributed by atoms with E-state index in [0.29, 0.717) is 27.7 Å². The number of benzene rings is 1. The van der Waals surface area contributed by atoms with Crippen molar-refractivity contribution in [1.82, 2.24) is 4.98 Å². The van der Waals surface area contributed by atoms with Crippen LogP contribution >= 0.6 is 42.5 Å². The summed E-state index contributed by atoms with van der Waals surface area (Å²) < 4.78 is 29.3. The molecule has 0 fully saturated rings. The van der Waals surface area contributed by atoms with Crippen molar-refractivity contribution in [2.24, 2.45) is 0 Å². The van der Waals surface area contributed by atoms with Crippen LogP contribution in [-0.2, 0) is 15.5 Å². The number of ether oxygens (including phenoxy) is 1. The van der Waals surface area contributed by atoms with Crippen molar-refractivity contribution in [2.45, 2.75) is 11.3 Å². The monoisotopic (exact) mass is 453 g/mol. The van der Waals surface area contributed by atoms with Crippen LogP contribution in [0.1, 0.15) is 5.69 Å². The maximum Gasteiger partial charge on any atom is 0.261 e. The minimum Gasteiger partial charge on any atom is -0.491 e. The van der Waals surface area contributed by atoms with Gasteiger partial charge < -0.3 is 4.74 Å². The van der Waals surface area contributed by atoms with Crippen LogP contribution in [0.5, 0.6) is 5.75 Å². The van der Waals surface area contributed by atoms with E-state index in [9.17, 15) is 8.42 Å². The Morgan fingerprint density at radius 2 is 1.86 bits per heavy atom. The van der Waals surface area contributed by atoms with Gasteiger partial charge in [0.2, 0.25) is 0 Å². The molecule has 2 rings (SSSR count). The van der Waals surface area contributed by atoms with Gasteiger partial charge in [-0.15, -0.1) is 0 Å². The molecule has 1 heterocycles. The molecule has 0 saturated carbocycles. The predicted molar refractivity (Wildman–Crippen MR) is 88.3 cm³/mol. The molecule has 0 N–H and O–H groups in total. The zero-order valence-corrected chi connectivity index (χ0v) is 15.3. The van der Waals surface area contributed by atoms with E-state index in [0.717, 1.165) is 5.69 Å². The average Bonchev–Trinajstić information content (AvgIpc) is 2.42. The molecule has 112 valence electrons. The number of halogens is 3. The number of rotatable bonds is 5. The molecule has 4 nitrogen and oxygen atoms in total. The highest BCUT2D eigenvalue weighted by atomic mass is 79.9. The molecule has 0 atom stereocenters. The normalized spacial score (nSPS) is 11.4. The van der Waals surface area contributed by atoms with E-state index in [2.05, 4.69) is 36.8 Å². The summed E-state index contributed by atoms with van der Waals surface area (Å²) in [5, 5.41) is 0. The van der Waals surface area contributed by atoms with Gasteiger partial charge in [-0.3, -0.25) is 4.98 Å². The summed E-state index contributed by atoms with van der Waals surface area (Å²) in [6, 6.07) is 8.49. The predicted octanol–water partition coefficient (Wildman–Crippen LogP) is 4.16. The van der Waals surface area contributed by atoms with Gasteiger partial charge >= 0.3 is 0 Å². The first-order valence-electron chi connectivity index (χ1n) is 5.84. The number of hydrogen-bond donors (Lipinski definition) is 0. The molecule has 1 aromatic heterocycles. The van der Waals surface area contributed by atoms with Gasteiger partial charge in [0.25, 0.3) is 9.05 Å². The Kier molecular flexibility index (Phi) is 5.65. The van der Waals surface area contributed by atoms with Gasteiger partial charge in [-0.25, -0.2) is 8.42 Å². The number of nitrogens with zero attached hydrogens (tertiary/aromatic N) is 1. The molecule has 0 spiro atoms. The molecule has 2 aromatic rings. The zero-order valence-electron chi connectivity index (χ0n) is 10.6. The maximum atomic E-state index is 11.3. The third-order valence-electron chi connectivity index (χ3n) is 2.58. The number of pyridine rings is 1. The van der Waals surface area contributed by atoms with Crippen LogP contribution in [0.2, 0.25) is 0 Å². The van der Waals surface area contributed by atoms with Gasteiger partial charge in [-0.05, 0) is 56.1 Å². The molecule has 1 aromatic carbocycles. The zero-order chi connectivity index (χ0) is 15.5. The van der Waals surface area contributed by atoms with E-state index in [1.54, 1.807) is 6.20 Å². The van der Waals surface area contributed by atoms with Crippen molar-refractivity contribution >= 4 is 51.6 Å². The SMILES string of the molecule is O=S(=O)(Cl)c1cc(Br)c(OCCc2ccccn2)c(Br)c1. The molecular formula is C13H10Br2ClNO3S. The van der Waals surface area contributed by atoms with Crippen molar-refractivity contribution in [2.75, 3.05) is 6.61 Å². The van der Waals surface area contributed by atoms with E-state index >= 15 is 0 Å². The summed E-state index contributed by atoms with van der Waals surface area (Å²) in [5.74, 6) is 0.523. The summed E-state index contributed by atoms with van der Waals surface area (Å²) >= 11 is 6.57. The Balaban J connectivity index is 2.11. The van der Waals surface area contributed by atoms with Crippen LogP contribution in [0.15, 0.2) is 50.4 Å². The highest BCUT2D eigenvalue weighted by molar-refractivity contribution is 9.11. The quantitative estimate of drug-likeness (QED) is 0.636. The van der Waals surface area contributed by atoms with Gasteiger partial charge in [0.05, 0.1) is 20.4 Å². The first-order valence-corrected chi connectivity index (χ1v) is 9.74. The van der Waals surface area contributed by atoms with Crippen molar-refractivity contribution < 1.29 is 13.2 Å². The molecule has 8 heteroatoms. The third kappa shape index (κ3) is 4.67. The van der Waals surface area contributed by atoms with E-state index in [1.807, 2.05) is 18.2 Å². The van der Waals surface area contributed by atoms with Crippen LogP contribution in [0.25, 0.3) is 0 Å². The van der Waals surface area contributed by atoms with Crippen molar-refractivity contribution in [3.8, 4) is 5.75 Å². The summed E-state index contributed by atoms with van der Waals surface area (Å²) in [5.41, 5.74) is 0.921. The van der Waals surface area contributed by atoms with Gasteiger partial charge in [0.15, 0.2) is 0 Å². The van der Waals surface area contributed by atoms with Crippen molar-refractivity contribution in [1.29, 1.82) is 0 Å². The van der Waals surface area contributed by atoms with Crippen LogP contribution in [0, 0.1) is 0 Å². The van der Waals surface area contributed by atoms with Gasteiger partial charge in [-0.1, -0.05) is 6.07 Å². The first kappa shape index (κ1) is 16.7. The van der Waals surface area contributed by atoms with E-state index in [4.69, 9.17) is 15.4 Å². The minimum absolute atomic E-state index is 0.00000675. The molecule has 0 saturated heterocycles. The lowest BCUT2D eigenvalue weighted by Crippen LogP contribution is -2.04. The lowest BCUT2D eigenvalue weighted by molar-refractivity contribution is 0.316. The molecule has 0 bridgehead atoms. The largest absolute Gasteiger partial charge is 0.491 e. The topological polar surface area (TPSA) is 56.3 Å². The molecule has 0 aliphatic heterocycles. The van der Waals surface area contributed by atoms with Gasteiger partial charge in [-0.2, -0.15) is 0 Å². The Morgan fingerprint density at radius 1 is 1.19 bits per heavy atom. The lowest BCUT2D eigenvalue weighted by Gasteiger charge is -2.11. The second-order valence-corrected chi connectivity index (χ2v) is 8.35. The smallest absolute Gasteiger partial charge is 0.261 e. The van der Waals surface area contributed by atoms with Crippen molar-refractivity contribution in [3.63, 3.8) is 0 Å². The fraction of sp³-hybridized carbons (Fsp3) is 0.154. The fourth-order valence-corrected chi connectivity index (χ4v) is 4.12. The molecule has 0 unspecified atom stereocenters. The molecule has 0 amide bonds. The first-order chi connectivity index (χ1) is 9.88. The van der Waals surface area contributed by atoms with Crippen LogP contribution < -0.4 is 4.74 Å². The summed E-state index contributed by atoms with van der Waals surface area (Å²) in [4.78, 5) is 4.20. The fourth-order valence-electron chi connectivity index (χ4n) is 1.62. The number of aromatic nitrogens is 1. The van der Waals surface area contributed by atoms with E-state index < -0.39 is 9.05 Å². The maximum absolute atomic E-state index is 11.3. The Morgan fingerprint density at radius 3 is 2.38 bits per heavy atom. The summed E-state index contributed by atoms with van der Waals surface area (Å²) in [7, 11) is 1.54. The molecular weight excluding hydrogens is 445 g/mol. The summed E-state index contributed by atoms with van der Waals surface area (Å²) in [6.45, 7) is 0.418. The second-order valence-electron chi connectivity index (χ2n) is 4.07. The average molecular weight is 456 g/mol. The summed E-state index contributed by atoms with van der Waals surface area (Å²) in [6.07, 6.45) is 2.37. The van der Waals surface area contributed by atoms with E-state index in [1.165, 1.54) is 12.1 Å². The molecule has 0 aliphatic carbocycles. The standard InChI is InChI=1S/C13H10Br2ClNO3S/c14-11-7-10(21(16,18)19)8-12(15)13(11)20-6-4-9-3-1-2-5-17-9/h1-3,5,7-8H,4,6H2. The highest BCUT2D eigenvalue weighted by Gasteiger charge is 2.16. The molecule has 0 radical (unpaired) electrons. The lowest BCUT2D eigenvalue weighted by atomic mass is 10.3. The second kappa shape index (κ2) is 7.09. The third-order valence-corrected chi connectivity index (χ3v) is 5.10. The molecule has 21 heavy (non-hydrogen) atoms. The molecule has 0 aliphatic rings. The van der Waals surface area contributed by atoms with Gasteiger partial charge in [0, 0.05) is 29.0 Å². The van der Waals surface area contributed by atoms with Crippen LogP contribution in [0.3, 0.4) is 0 Å². The Bertz CT molecular complexity index is 715. The number of hydrogen-bond acceptors (Lipinski definition) is 4. The highest BCUT2D eigenvalue weighted by Crippen LogP contribution is 2.36. The van der Waals surface area contributed by atoms with Crippen LogP contribution in [-0.4, -0.2) is 20.0 Å². The van der Waals surface area contributed by atoms with E-state index in [-0.39, 0.29) is 4.90 Å².